The first-order valence-corrected chi connectivity index (χ1v) is 5.92. The van der Waals surface area contributed by atoms with Gasteiger partial charge < -0.3 is 10.6 Å². The quantitative estimate of drug-likeness (QED) is 0.624. The third-order valence-electron chi connectivity index (χ3n) is 2.48. The van der Waals surface area contributed by atoms with Crippen molar-refractivity contribution in [2.24, 2.45) is 5.73 Å². The van der Waals surface area contributed by atoms with Crippen LogP contribution >= 0.6 is 22.6 Å². The Kier molecular flexibility index (Phi) is 3.20. The van der Waals surface area contributed by atoms with Crippen LogP contribution in [0, 0.1) is 3.70 Å². The topological polar surface area (TPSA) is 59.2 Å². The second-order valence-electron chi connectivity index (χ2n) is 3.64. The van der Waals surface area contributed by atoms with Crippen LogP contribution in [0.25, 0.3) is 0 Å². The lowest BCUT2D eigenvalue weighted by Crippen LogP contribution is -2.44. The largest absolute Gasteiger partial charge is 0.327 e. The summed E-state index contributed by atoms with van der Waals surface area (Å²) in [6.07, 6.45) is 3.03. The summed E-state index contributed by atoms with van der Waals surface area (Å²) in [6.45, 7) is 0.697. The lowest BCUT2D eigenvalue weighted by atomic mass is 10.1. The van der Waals surface area contributed by atoms with Crippen LogP contribution in [0.4, 0.5) is 5.69 Å². The summed E-state index contributed by atoms with van der Waals surface area (Å²) in [4.78, 5) is 17.6. The van der Waals surface area contributed by atoms with Crippen LogP contribution in [-0.2, 0) is 4.79 Å². The molecular formula is C10H12IN3O. The van der Waals surface area contributed by atoms with Gasteiger partial charge in [-0.1, -0.05) is 0 Å². The minimum atomic E-state index is 0.0190. The number of hydrogen-bond donors (Lipinski definition) is 1. The summed E-state index contributed by atoms with van der Waals surface area (Å²) in [6, 6.07) is 3.84. The Morgan fingerprint density at radius 3 is 2.93 bits per heavy atom. The molecule has 1 aliphatic rings. The van der Waals surface area contributed by atoms with E-state index in [-0.39, 0.29) is 11.9 Å². The van der Waals surface area contributed by atoms with Gasteiger partial charge in [0.15, 0.2) is 0 Å². The van der Waals surface area contributed by atoms with Crippen LogP contribution in [0.2, 0.25) is 0 Å². The highest BCUT2D eigenvalue weighted by molar-refractivity contribution is 14.1. The summed E-state index contributed by atoms with van der Waals surface area (Å²) < 4.78 is 0.928. The Morgan fingerprint density at radius 2 is 2.33 bits per heavy atom. The zero-order chi connectivity index (χ0) is 10.8. The SMILES string of the molecule is NC1CCN(c2ccc(I)nc2)C(=O)C1. The van der Waals surface area contributed by atoms with Gasteiger partial charge in [-0.15, -0.1) is 0 Å². The van der Waals surface area contributed by atoms with Gasteiger partial charge >= 0.3 is 0 Å². The minimum Gasteiger partial charge on any atom is -0.327 e. The van der Waals surface area contributed by atoms with E-state index in [0.717, 1.165) is 15.8 Å². The number of carbonyl (C=O) groups is 1. The summed E-state index contributed by atoms with van der Waals surface area (Å²) in [5, 5.41) is 0. The van der Waals surface area contributed by atoms with Gasteiger partial charge in [-0.25, -0.2) is 4.98 Å². The smallest absolute Gasteiger partial charge is 0.228 e. The van der Waals surface area contributed by atoms with E-state index in [1.165, 1.54) is 0 Å². The Morgan fingerprint density at radius 1 is 1.53 bits per heavy atom. The van der Waals surface area contributed by atoms with Crippen LogP contribution in [0.5, 0.6) is 0 Å². The van der Waals surface area contributed by atoms with E-state index in [2.05, 4.69) is 27.6 Å². The maximum Gasteiger partial charge on any atom is 0.228 e. The number of aromatic nitrogens is 1. The lowest BCUT2D eigenvalue weighted by molar-refractivity contribution is -0.119. The van der Waals surface area contributed by atoms with Crippen molar-refractivity contribution in [3.05, 3.63) is 22.0 Å². The maximum atomic E-state index is 11.7. The average molecular weight is 317 g/mol. The van der Waals surface area contributed by atoms with Gasteiger partial charge in [-0.2, -0.15) is 0 Å². The summed E-state index contributed by atoms with van der Waals surface area (Å²) >= 11 is 2.14. The minimum absolute atomic E-state index is 0.0190. The molecular weight excluding hydrogens is 305 g/mol. The molecule has 5 heteroatoms. The Bertz CT molecular complexity index is 365. The van der Waals surface area contributed by atoms with E-state index in [4.69, 9.17) is 5.73 Å². The fraction of sp³-hybridized carbons (Fsp3) is 0.400. The summed E-state index contributed by atoms with van der Waals surface area (Å²) in [5.41, 5.74) is 6.59. The van der Waals surface area contributed by atoms with Crippen LogP contribution in [0.1, 0.15) is 12.8 Å². The third kappa shape index (κ3) is 2.46. The molecule has 1 aromatic heterocycles. The van der Waals surface area contributed by atoms with Gasteiger partial charge in [0.2, 0.25) is 5.91 Å². The van der Waals surface area contributed by atoms with Crippen molar-refractivity contribution >= 4 is 34.2 Å². The monoisotopic (exact) mass is 317 g/mol. The van der Waals surface area contributed by atoms with Crippen LogP contribution < -0.4 is 10.6 Å². The van der Waals surface area contributed by atoms with Crippen molar-refractivity contribution in [2.45, 2.75) is 18.9 Å². The molecule has 2 rings (SSSR count). The van der Waals surface area contributed by atoms with Gasteiger partial charge in [0.1, 0.15) is 3.70 Å². The van der Waals surface area contributed by atoms with Crippen molar-refractivity contribution in [1.29, 1.82) is 0 Å². The predicted octanol–water partition coefficient (Wildman–Crippen LogP) is 1.14. The molecule has 80 valence electrons. The number of pyridine rings is 1. The van der Waals surface area contributed by atoms with Gasteiger partial charge in [0, 0.05) is 19.0 Å². The van der Waals surface area contributed by atoms with Gasteiger partial charge in [-0.3, -0.25) is 4.79 Å². The van der Waals surface area contributed by atoms with E-state index in [1.54, 1.807) is 11.1 Å². The predicted molar refractivity (Wildman–Crippen MR) is 66.5 cm³/mol. The summed E-state index contributed by atoms with van der Waals surface area (Å²) in [7, 11) is 0. The number of carbonyl (C=O) groups excluding carboxylic acids is 1. The molecule has 1 unspecified atom stereocenters. The zero-order valence-electron chi connectivity index (χ0n) is 8.19. The van der Waals surface area contributed by atoms with E-state index in [1.807, 2.05) is 12.1 Å². The van der Waals surface area contributed by atoms with Crippen LogP contribution in [0.15, 0.2) is 18.3 Å². The number of amides is 1. The highest BCUT2D eigenvalue weighted by Gasteiger charge is 2.24. The van der Waals surface area contributed by atoms with E-state index in [0.29, 0.717) is 13.0 Å². The molecule has 1 aliphatic heterocycles. The van der Waals surface area contributed by atoms with Gasteiger partial charge in [0.05, 0.1) is 11.9 Å². The molecule has 4 nitrogen and oxygen atoms in total. The molecule has 0 spiro atoms. The first kappa shape index (κ1) is 10.8. The first-order chi connectivity index (χ1) is 7.16. The standard InChI is InChI=1S/C10H12IN3O/c11-9-2-1-8(6-13-9)14-4-3-7(12)5-10(14)15/h1-2,6-7H,3-5,12H2. The third-order valence-corrected chi connectivity index (χ3v) is 3.12. The molecule has 1 atom stereocenters. The van der Waals surface area contributed by atoms with Crippen molar-refractivity contribution in [3.8, 4) is 0 Å². The average Bonchev–Trinajstić information content (AvgIpc) is 2.20. The number of nitrogens with zero attached hydrogens (tertiary/aromatic N) is 2. The molecule has 1 amide bonds. The molecule has 2 N–H and O–H groups in total. The highest BCUT2D eigenvalue weighted by atomic mass is 127. The molecule has 0 bridgehead atoms. The highest BCUT2D eigenvalue weighted by Crippen LogP contribution is 2.19. The normalized spacial score (nSPS) is 21.9. The van der Waals surface area contributed by atoms with Gasteiger partial charge in [-0.05, 0) is 41.1 Å². The Balaban J connectivity index is 2.17. The molecule has 1 aromatic rings. The molecule has 0 aliphatic carbocycles. The molecule has 0 saturated carbocycles. The van der Waals surface area contributed by atoms with Crippen molar-refractivity contribution in [1.82, 2.24) is 4.98 Å². The second-order valence-corrected chi connectivity index (χ2v) is 4.74. The van der Waals surface area contributed by atoms with Crippen molar-refractivity contribution in [3.63, 3.8) is 0 Å². The maximum absolute atomic E-state index is 11.7. The first-order valence-electron chi connectivity index (χ1n) is 4.84. The summed E-state index contributed by atoms with van der Waals surface area (Å²) in [5.74, 6) is 0.0942. The van der Waals surface area contributed by atoms with E-state index in [9.17, 15) is 4.79 Å². The number of hydrogen-bond acceptors (Lipinski definition) is 3. The molecule has 1 fully saturated rings. The fourth-order valence-electron chi connectivity index (χ4n) is 1.66. The molecule has 0 radical (unpaired) electrons. The van der Waals surface area contributed by atoms with Crippen molar-refractivity contribution in [2.75, 3.05) is 11.4 Å². The number of nitrogens with two attached hydrogens (primary N) is 1. The van der Waals surface area contributed by atoms with Gasteiger partial charge in [0.25, 0.3) is 0 Å². The second kappa shape index (κ2) is 4.44. The molecule has 0 aromatic carbocycles. The Labute approximate surface area is 102 Å². The van der Waals surface area contributed by atoms with Crippen LogP contribution in [0.3, 0.4) is 0 Å². The Hall–Kier alpha value is -0.690. The van der Waals surface area contributed by atoms with E-state index < -0.39 is 0 Å². The molecule has 2 heterocycles. The number of anilines is 1. The molecule has 1 saturated heterocycles. The number of piperidine rings is 1. The molecule has 15 heavy (non-hydrogen) atoms. The van der Waals surface area contributed by atoms with Crippen molar-refractivity contribution < 1.29 is 4.79 Å². The zero-order valence-corrected chi connectivity index (χ0v) is 10.3. The fourth-order valence-corrected chi connectivity index (χ4v) is 1.98. The van der Waals surface area contributed by atoms with E-state index >= 15 is 0 Å². The number of halogens is 1. The number of rotatable bonds is 1. The lowest BCUT2D eigenvalue weighted by Gasteiger charge is -2.29. The van der Waals surface area contributed by atoms with Crippen LogP contribution in [-0.4, -0.2) is 23.5 Å².